The monoisotopic (exact) mass is 261 g/mol. The molecule has 1 aromatic heterocycles. The molecule has 2 N–H and O–H groups in total. The van der Waals surface area contributed by atoms with Gasteiger partial charge in [0, 0.05) is 5.56 Å². The average molecular weight is 261 g/mol. The molecule has 1 aromatic carbocycles. The SMILES string of the molecule is COc1ccc(-c2noc([C@@H](N)C(C)C)n2)cc1C. The highest BCUT2D eigenvalue weighted by molar-refractivity contribution is 5.58. The highest BCUT2D eigenvalue weighted by atomic mass is 16.5. The Morgan fingerprint density at radius 3 is 2.63 bits per heavy atom. The molecule has 0 aliphatic carbocycles. The van der Waals surface area contributed by atoms with Crippen LogP contribution >= 0.6 is 0 Å². The number of aromatic nitrogens is 2. The molecule has 0 aliphatic rings. The summed E-state index contributed by atoms with van der Waals surface area (Å²) in [6, 6.07) is 5.53. The molecule has 0 saturated carbocycles. The smallest absolute Gasteiger partial charge is 0.244 e. The molecule has 102 valence electrons. The number of rotatable bonds is 4. The Bertz CT molecular complexity index is 564. The fourth-order valence-corrected chi connectivity index (χ4v) is 1.79. The molecule has 1 atom stereocenters. The number of nitrogens with zero attached hydrogens (tertiary/aromatic N) is 2. The van der Waals surface area contributed by atoms with Crippen LogP contribution in [0.15, 0.2) is 22.7 Å². The summed E-state index contributed by atoms with van der Waals surface area (Å²) in [6.45, 7) is 6.02. The molecule has 2 aromatic rings. The van der Waals surface area contributed by atoms with Crippen LogP contribution in [-0.4, -0.2) is 17.3 Å². The molecule has 0 fully saturated rings. The predicted octanol–water partition coefficient (Wildman–Crippen LogP) is 2.71. The third-order valence-corrected chi connectivity index (χ3v) is 3.10. The second-order valence-corrected chi connectivity index (χ2v) is 4.91. The Morgan fingerprint density at radius 1 is 1.32 bits per heavy atom. The molecule has 0 unspecified atom stereocenters. The van der Waals surface area contributed by atoms with Crippen molar-refractivity contribution in [1.82, 2.24) is 10.1 Å². The van der Waals surface area contributed by atoms with Crippen LogP contribution in [0.2, 0.25) is 0 Å². The quantitative estimate of drug-likeness (QED) is 0.915. The van der Waals surface area contributed by atoms with Gasteiger partial charge >= 0.3 is 0 Å². The fraction of sp³-hybridized carbons (Fsp3) is 0.429. The van der Waals surface area contributed by atoms with Crippen molar-refractivity contribution in [2.24, 2.45) is 11.7 Å². The standard InChI is InChI=1S/C14H19N3O2/c1-8(2)12(15)14-16-13(17-19-14)10-5-6-11(18-4)9(3)7-10/h5-8,12H,15H2,1-4H3/t12-/m0/s1. The van der Waals surface area contributed by atoms with Crippen molar-refractivity contribution in [2.75, 3.05) is 7.11 Å². The second-order valence-electron chi connectivity index (χ2n) is 4.91. The van der Waals surface area contributed by atoms with Crippen LogP contribution in [0, 0.1) is 12.8 Å². The minimum Gasteiger partial charge on any atom is -0.496 e. The summed E-state index contributed by atoms with van der Waals surface area (Å²) >= 11 is 0. The first-order valence-corrected chi connectivity index (χ1v) is 6.27. The number of aryl methyl sites for hydroxylation is 1. The molecule has 5 heteroatoms. The van der Waals surface area contributed by atoms with Crippen LogP contribution in [0.4, 0.5) is 0 Å². The number of methoxy groups -OCH3 is 1. The highest BCUT2D eigenvalue weighted by Crippen LogP contribution is 2.25. The molecule has 0 aliphatic heterocycles. The van der Waals surface area contributed by atoms with Crippen molar-refractivity contribution in [1.29, 1.82) is 0 Å². The maximum Gasteiger partial charge on any atom is 0.244 e. The van der Waals surface area contributed by atoms with Crippen molar-refractivity contribution < 1.29 is 9.26 Å². The van der Waals surface area contributed by atoms with E-state index < -0.39 is 0 Å². The van der Waals surface area contributed by atoms with Gasteiger partial charge in [0.25, 0.3) is 0 Å². The van der Waals surface area contributed by atoms with Crippen molar-refractivity contribution >= 4 is 0 Å². The Kier molecular flexibility index (Phi) is 3.85. The Morgan fingerprint density at radius 2 is 2.05 bits per heavy atom. The summed E-state index contributed by atoms with van der Waals surface area (Å²) in [5.41, 5.74) is 7.91. The molecule has 1 heterocycles. The largest absolute Gasteiger partial charge is 0.496 e. The first-order chi connectivity index (χ1) is 9.02. The third kappa shape index (κ3) is 2.76. The van der Waals surface area contributed by atoms with Crippen LogP contribution in [-0.2, 0) is 0 Å². The van der Waals surface area contributed by atoms with E-state index in [0.29, 0.717) is 11.7 Å². The Labute approximate surface area is 112 Å². The first-order valence-electron chi connectivity index (χ1n) is 6.27. The van der Waals surface area contributed by atoms with Gasteiger partial charge < -0.3 is 15.0 Å². The molecule has 19 heavy (non-hydrogen) atoms. The van der Waals surface area contributed by atoms with Crippen LogP contribution in [0.3, 0.4) is 0 Å². The molecule has 0 bridgehead atoms. The minimum atomic E-state index is -0.236. The molecular weight excluding hydrogens is 242 g/mol. The molecule has 0 spiro atoms. The van der Waals surface area contributed by atoms with Gasteiger partial charge in [-0.1, -0.05) is 19.0 Å². The van der Waals surface area contributed by atoms with Gasteiger partial charge in [-0.05, 0) is 36.6 Å². The van der Waals surface area contributed by atoms with Crippen molar-refractivity contribution in [3.8, 4) is 17.1 Å². The summed E-state index contributed by atoms with van der Waals surface area (Å²) in [5, 5.41) is 3.98. The molecule has 2 rings (SSSR count). The number of nitrogens with two attached hydrogens (primary N) is 1. The van der Waals surface area contributed by atoms with E-state index in [1.54, 1.807) is 7.11 Å². The fourth-order valence-electron chi connectivity index (χ4n) is 1.79. The zero-order chi connectivity index (χ0) is 14.0. The summed E-state index contributed by atoms with van der Waals surface area (Å²) in [5.74, 6) is 2.12. The van der Waals surface area contributed by atoms with Gasteiger partial charge in [-0.25, -0.2) is 0 Å². The summed E-state index contributed by atoms with van der Waals surface area (Å²) < 4.78 is 10.4. The van der Waals surface area contributed by atoms with Crippen LogP contribution in [0.1, 0.15) is 31.3 Å². The molecular formula is C14H19N3O2. The highest BCUT2D eigenvalue weighted by Gasteiger charge is 2.18. The lowest BCUT2D eigenvalue weighted by atomic mass is 10.1. The molecule has 5 nitrogen and oxygen atoms in total. The normalized spacial score (nSPS) is 12.7. The van der Waals surface area contributed by atoms with Gasteiger partial charge in [-0.3, -0.25) is 0 Å². The number of ether oxygens (including phenoxy) is 1. The lowest BCUT2D eigenvalue weighted by Crippen LogP contribution is -2.16. The maximum absolute atomic E-state index is 5.99. The first kappa shape index (κ1) is 13.5. The average Bonchev–Trinajstić information content (AvgIpc) is 2.87. The summed E-state index contributed by atoms with van der Waals surface area (Å²) in [6.07, 6.45) is 0. The van der Waals surface area contributed by atoms with Crippen molar-refractivity contribution in [3.63, 3.8) is 0 Å². The van der Waals surface area contributed by atoms with Crippen molar-refractivity contribution in [3.05, 3.63) is 29.7 Å². The van der Waals surface area contributed by atoms with E-state index in [1.807, 2.05) is 39.0 Å². The maximum atomic E-state index is 5.99. The van der Waals surface area contributed by atoms with Gasteiger partial charge in [0.1, 0.15) is 5.75 Å². The van der Waals surface area contributed by atoms with E-state index in [9.17, 15) is 0 Å². The molecule has 0 radical (unpaired) electrons. The number of hydrogen-bond donors (Lipinski definition) is 1. The van der Waals surface area contributed by atoms with Gasteiger partial charge in [0.05, 0.1) is 13.2 Å². The molecule has 0 amide bonds. The third-order valence-electron chi connectivity index (χ3n) is 3.10. The van der Waals surface area contributed by atoms with Gasteiger partial charge in [0.15, 0.2) is 0 Å². The van der Waals surface area contributed by atoms with E-state index in [4.69, 9.17) is 15.0 Å². The van der Waals surface area contributed by atoms with E-state index >= 15 is 0 Å². The zero-order valence-corrected chi connectivity index (χ0v) is 11.7. The number of hydrogen-bond acceptors (Lipinski definition) is 5. The van der Waals surface area contributed by atoms with E-state index in [1.165, 1.54) is 0 Å². The Balaban J connectivity index is 2.30. The second kappa shape index (κ2) is 5.40. The van der Waals surface area contributed by atoms with Crippen molar-refractivity contribution in [2.45, 2.75) is 26.8 Å². The van der Waals surface area contributed by atoms with E-state index in [0.717, 1.165) is 16.9 Å². The van der Waals surface area contributed by atoms with Gasteiger partial charge in [0.2, 0.25) is 11.7 Å². The predicted molar refractivity (Wildman–Crippen MR) is 72.8 cm³/mol. The lowest BCUT2D eigenvalue weighted by Gasteiger charge is -2.09. The molecule has 0 saturated heterocycles. The van der Waals surface area contributed by atoms with E-state index in [-0.39, 0.29) is 12.0 Å². The Hall–Kier alpha value is -1.88. The topological polar surface area (TPSA) is 74.2 Å². The summed E-state index contributed by atoms with van der Waals surface area (Å²) in [4.78, 5) is 4.35. The van der Waals surface area contributed by atoms with E-state index in [2.05, 4.69) is 10.1 Å². The van der Waals surface area contributed by atoms with Crippen LogP contribution < -0.4 is 10.5 Å². The van der Waals surface area contributed by atoms with Crippen LogP contribution in [0.25, 0.3) is 11.4 Å². The van der Waals surface area contributed by atoms with Gasteiger partial charge in [-0.15, -0.1) is 0 Å². The minimum absolute atomic E-state index is 0.236. The number of benzene rings is 1. The lowest BCUT2D eigenvalue weighted by molar-refractivity contribution is 0.325. The zero-order valence-electron chi connectivity index (χ0n) is 11.7. The van der Waals surface area contributed by atoms with Gasteiger partial charge in [-0.2, -0.15) is 4.98 Å². The summed E-state index contributed by atoms with van der Waals surface area (Å²) in [7, 11) is 1.65. The van der Waals surface area contributed by atoms with Crippen LogP contribution in [0.5, 0.6) is 5.75 Å².